The zero-order chi connectivity index (χ0) is 15.8. The van der Waals surface area contributed by atoms with Gasteiger partial charge in [0.05, 0.1) is 11.0 Å². The van der Waals surface area contributed by atoms with Crippen molar-refractivity contribution in [2.24, 2.45) is 0 Å². The molecule has 0 unspecified atom stereocenters. The fourth-order valence-electron chi connectivity index (χ4n) is 0.848. The number of amides is 2. The topological polar surface area (TPSA) is 89.9 Å². The van der Waals surface area contributed by atoms with E-state index in [1.807, 2.05) is 57.4 Å². The van der Waals surface area contributed by atoms with Crippen LogP contribution in [0.2, 0.25) is 0 Å². The lowest BCUT2D eigenvalue weighted by molar-refractivity contribution is 0.150. The Labute approximate surface area is 146 Å². The summed E-state index contributed by atoms with van der Waals surface area (Å²) in [7, 11) is 0. The van der Waals surface area contributed by atoms with Crippen molar-refractivity contribution in [2.45, 2.75) is 19.8 Å². The number of alkyl halides is 1. The maximum Gasteiger partial charge on any atom is 0.416 e. The average molecular weight is 506 g/mol. The van der Waals surface area contributed by atoms with E-state index in [1.54, 1.807) is 0 Å². The van der Waals surface area contributed by atoms with Gasteiger partial charge in [0, 0.05) is 35.2 Å². The third kappa shape index (κ3) is 17.1. The molecule has 0 spiro atoms. The van der Waals surface area contributed by atoms with Crippen LogP contribution >= 0.6 is 45.2 Å². The Morgan fingerprint density at radius 2 is 1.95 bits per heavy atom. The molecule has 0 aliphatic rings. The molecule has 0 aromatic rings. The lowest BCUT2D eigenvalue weighted by Crippen LogP contribution is -2.30. The number of hydrogen-bond donors (Lipinski definition) is 3. The van der Waals surface area contributed by atoms with E-state index in [0.29, 0.717) is 17.5 Å². The molecule has 0 aromatic carbocycles. The number of nitrogens with one attached hydrogen (secondary N) is 1. The second-order valence-corrected chi connectivity index (χ2v) is 4.50. The van der Waals surface area contributed by atoms with Crippen molar-refractivity contribution in [3.05, 3.63) is 0 Å². The van der Waals surface area contributed by atoms with Crippen LogP contribution in [0.15, 0.2) is 0 Å². The fourth-order valence-corrected chi connectivity index (χ4v) is 1.21. The quantitative estimate of drug-likeness (QED) is 0.237. The first-order valence-electron chi connectivity index (χ1n) is 5.58. The Morgan fingerprint density at radius 3 is 2.35 bits per heavy atom. The first kappa shape index (κ1) is 21.4. The van der Waals surface area contributed by atoms with Gasteiger partial charge in [-0.2, -0.15) is 0 Å². The summed E-state index contributed by atoms with van der Waals surface area (Å²) in [6, 6.07) is 2.23. The van der Waals surface area contributed by atoms with Crippen molar-refractivity contribution in [3.8, 4) is 21.8 Å². The molecule has 2 amide bonds. The number of rotatable bonds is 4. The normalized spacial score (nSPS) is 7.75. The molecule has 0 aliphatic heterocycles. The molecule has 0 saturated carbocycles. The smallest absolute Gasteiger partial charge is 0.416 e. The highest BCUT2D eigenvalue weighted by Gasteiger charge is 2.07. The molecule has 0 rings (SSSR count). The average Bonchev–Trinajstić information content (AvgIpc) is 2.39. The molecule has 8 heteroatoms. The van der Waals surface area contributed by atoms with Gasteiger partial charge >= 0.3 is 12.2 Å². The Kier molecular flexibility index (Phi) is 17.3. The zero-order valence-electron chi connectivity index (χ0n) is 10.9. The van der Waals surface area contributed by atoms with Crippen LogP contribution < -0.4 is 5.32 Å². The molecule has 0 atom stereocenters. The van der Waals surface area contributed by atoms with Crippen LogP contribution in [0.4, 0.5) is 9.59 Å². The van der Waals surface area contributed by atoms with Crippen LogP contribution in [0, 0.1) is 21.8 Å². The Morgan fingerprint density at radius 1 is 1.30 bits per heavy atom. The summed E-state index contributed by atoms with van der Waals surface area (Å²) >= 11 is 3.93. The number of hydrogen-bond acceptors (Lipinski definition) is 2. The van der Waals surface area contributed by atoms with Crippen LogP contribution in [-0.2, 0) is 0 Å². The summed E-state index contributed by atoms with van der Waals surface area (Å²) < 4.78 is 3.28. The minimum absolute atomic E-state index is 0.318. The molecular weight excluding hydrogens is 490 g/mol. The van der Waals surface area contributed by atoms with Crippen molar-refractivity contribution in [3.63, 3.8) is 0 Å². The maximum absolute atomic E-state index is 10.6. The van der Waals surface area contributed by atoms with Crippen LogP contribution in [0.5, 0.6) is 0 Å². The summed E-state index contributed by atoms with van der Waals surface area (Å²) in [5, 5.41) is 18.5. The number of halogens is 2. The monoisotopic (exact) mass is 506 g/mol. The number of carboxylic acid groups (broad SMARTS) is 2. The second kappa shape index (κ2) is 16.2. The molecule has 0 heterocycles. The Bertz CT molecular complexity index is 407. The van der Waals surface area contributed by atoms with Crippen molar-refractivity contribution < 1.29 is 19.8 Å². The van der Waals surface area contributed by atoms with Crippen LogP contribution in [0.1, 0.15) is 19.8 Å². The number of nitrogens with zero attached hydrogens (tertiary/aromatic N) is 1. The van der Waals surface area contributed by atoms with E-state index in [0.717, 1.165) is 12.8 Å². The van der Waals surface area contributed by atoms with E-state index in [9.17, 15) is 9.59 Å². The fraction of sp³-hybridized carbons (Fsp3) is 0.500. The summed E-state index contributed by atoms with van der Waals surface area (Å²) in [5.74, 6) is 5.24. The lowest BCUT2D eigenvalue weighted by Gasteiger charge is -2.14. The molecule has 3 N–H and O–H groups in total. The van der Waals surface area contributed by atoms with Gasteiger partial charge in [0.1, 0.15) is 0 Å². The summed E-state index contributed by atoms with van der Waals surface area (Å²) in [6.07, 6.45) is -0.0959. The minimum atomic E-state index is -1.11. The highest BCUT2D eigenvalue weighted by Crippen LogP contribution is 1.94. The van der Waals surface area contributed by atoms with Gasteiger partial charge < -0.3 is 10.2 Å². The molecule has 0 fully saturated rings. The molecule has 0 bridgehead atoms. The van der Waals surface area contributed by atoms with Crippen LogP contribution in [0.25, 0.3) is 0 Å². The van der Waals surface area contributed by atoms with E-state index in [4.69, 9.17) is 10.2 Å². The number of carbonyl (C=O) groups is 2. The second-order valence-electron chi connectivity index (χ2n) is 3.19. The van der Waals surface area contributed by atoms with Crippen LogP contribution in [0.3, 0.4) is 0 Å². The third-order valence-corrected chi connectivity index (χ3v) is 2.48. The molecule has 0 aromatic heterocycles. The van der Waals surface area contributed by atoms with Gasteiger partial charge in [-0.1, -0.05) is 47.8 Å². The first-order chi connectivity index (χ1) is 9.49. The van der Waals surface area contributed by atoms with Crippen LogP contribution in [-0.4, -0.2) is 44.8 Å². The van der Waals surface area contributed by atoms with Gasteiger partial charge in [0.2, 0.25) is 0 Å². The van der Waals surface area contributed by atoms with Gasteiger partial charge in [-0.05, 0) is 10.3 Å². The van der Waals surface area contributed by atoms with Crippen molar-refractivity contribution >= 4 is 57.4 Å². The molecule has 0 radical (unpaired) electrons. The predicted octanol–water partition coefficient (Wildman–Crippen LogP) is 2.81. The lowest BCUT2D eigenvalue weighted by atomic mass is 10.3. The predicted molar refractivity (Wildman–Crippen MR) is 94.1 cm³/mol. The molecular formula is C12H16I2N2O4. The summed E-state index contributed by atoms with van der Waals surface area (Å²) in [6.45, 7) is 2.93. The molecule has 112 valence electrons. The highest BCUT2D eigenvalue weighted by molar-refractivity contribution is 14.1. The zero-order valence-corrected chi connectivity index (χ0v) is 15.3. The number of unbranched alkanes of at least 4 members (excludes halogenated alkanes) is 1. The van der Waals surface area contributed by atoms with E-state index in [1.165, 1.54) is 4.90 Å². The first-order valence-corrected chi connectivity index (χ1v) is 8.19. The van der Waals surface area contributed by atoms with E-state index in [-0.39, 0.29) is 0 Å². The standard InChI is InChI=1S/C8H12INO2.C4H4INO2/c1-2-3-6-10(8(11)12)7-4-5-9;5-2-1-3-6-4(7)8/h2-3,6-7H2,1H3,(H,11,12);6H,2H2,(H,7,8). The van der Waals surface area contributed by atoms with E-state index in [2.05, 4.69) is 21.8 Å². The van der Waals surface area contributed by atoms with Crippen molar-refractivity contribution in [1.82, 2.24) is 10.2 Å². The SMILES string of the molecule is CCCCN(CC#CI)C(=O)O.O=C(O)NC#CCI. The van der Waals surface area contributed by atoms with Gasteiger partial charge in [-0.15, -0.1) is 0 Å². The molecule has 20 heavy (non-hydrogen) atoms. The maximum atomic E-state index is 10.6. The van der Waals surface area contributed by atoms with Crippen molar-refractivity contribution in [2.75, 3.05) is 17.5 Å². The third-order valence-electron chi connectivity index (χ3n) is 1.71. The van der Waals surface area contributed by atoms with E-state index < -0.39 is 12.2 Å². The highest BCUT2D eigenvalue weighted by atomic mass is 127. The Balaban J connectivity index is 0. The van der Waals surface area contributed by atoms with Gasteiger partial charge in [-0.25, -0.2) is 14.9 Å². The van der Waals surface area contributed by atoms with Crippen molar-refractivity contribution in [1.29, 1.82) is 0 Å². The minimum Gasteiger partial charge on any atom is -0.465 e. The Hall–Kier alpha value is -0.880. The summed E-state index contributed by atoms with van der Waals surface area (Å²) in [4.78, 5) is 21.6. The van der Waals surface area contributed by atoms with Gasteiger partial charge in [0.25, 0.3) is 0 Å². The summed E-state index contributed by atoms with van der Waals surface area (Å²) in [5.41, 5.74) is 0. The molecule has 0 aliphatic carbocycles. The molecule has 6 nitrogen and oxygen atoms in total. The van der Waals surface area contributed by atoms with Gasteiger partial charge in [0.15, 0.2) is 0 Å². The molecule has 0 saturated heterocycles. The largest absolute Gasteiger partial charge is 0.465 e. The van der Waals surface area contributed by atoms with Gasteiger partial charge in [-0.3, -0.25) is 4.90 Å². The van der Waals surface area contributed by atoms with E-state index >= 15 is 0 Å².